The SMILES string of the molecule is CNc1cc(N2CCc3c(CN4CCC(N5CCC(CC6CCN(C(=O)c7ccc(Cl)c(N8CCC(=O)NC8=O)c7)CC6)CC5)C(F)(F)C4)cccc32)nn2c(C(N)=O)cnc12. The number of primary amides is 1. The van der Waals surface area contributed by atoms with Crippen LogP contribution >= 0.6 is 11.6 Å². The Morgan fingerprint density at radius 3 is 2.37 bits per heavy atom. The predicted octanol–water partition coefficient (Wildman–Crippen LogP) is 5.53. The van der Waals surface area contributed by atoms with E-state index in [0.717, 1.165) is 55.3 Å². The molecule has 1 atom stereocenters. The van der Waals surface area contributed by atoms with Crippen molar-refractivity contribution in [2.24, 2.45) is 17.6 Å². The molecule has 5 aliphatic rings. The van der Waals surface area contributed by atoms with Crippen molar-refractivity contribution in [1.82, 2.24) is 34.6 Å². The molecule has 2 aromatic carbocycles. The second-order valence-electron chi connectivity index (χ2n) is 17.4. The van der Waals surface area contributed by atoms with E-state index in [1.807, 2.05) is 39.0 Å². The molecule has 5 aliphatic heterocycles. The van der Waals surface area contributed by atoms with Gasteiger partial charge in [0.2, 0.25) is 5.91 Å². The molecule has 9 rings (SSSR count). The van der Waals surface area contributed by atoms with Crippen LogP contribution in [0.5, 0.6) is 0 Å². The smallest absolute Gasteiger partial charge is 0.328 e. The number of imide groups is 1. The van der Waals surface area contributed by atoms with E-state index in [2.05, 4.69) is 20.5 Å². The fourth-order valence-corrected chi connectivity index (χ4v) is 10.5. The predicted molar refractivity (Wildman–Crippen MR) is 231 cm³/mol. The van der Waals surface area contributed by atoms with Gasteiger partial charge in [0.1, 0.15) is 5.69 Å². The van der Waals surface area contributed by atoms with Crippen LogP contribution in [-0.4, -0.2) is 124 Å². The number of nitrogens with one attached hydrogen (secondary N) is 2. The minimum atomic E-state index is -2.84. The van der Waals surface area contributed by atoms with E-state index in [0.29, 0.717) is 97.5 Å². The fourth-order valence-electron chi connectivity index (χ4n) is 10.3. The van der Waals surface area contributed by atoms with Crippen LogP contribution in [0.3, 0.4) is 0 Å². The summed E-state index contributed by atoms with van der Waals surface area (Å²) >= 11 is 6.40. The first kappa shape index (κ1) is 41.9. The number of nitrogens with zero attached hydrogens (tertiary/aromatic N) is 8. The molecule has 2 aromatic heterocycles. The van der Waals surface area contributed by atoms with Crippen LogP contribution in [-0.2, 0) is 17.8 Å². The van der Waals surface area contributed by atoms with Gasteiger partial charge in [-0.2, -0.15) is 0 Å². The van der Waals surface area contributed by atoms with Gasteiger partial charge in [-0.15, -0.1) is 5.10 Å². The number of imidazole rings is 1. The van der Waals surface area contributed by atoms with E-state index in [9.17, 15) is 19.2 Å². The first-order chi connectivity index (χ1) is 29.9. The number of halogens is 3. The normalized spacial score (nSPS) is 21.7. The molecule has 4 N–H and O–H groups in total. The topological polar surface area (TPSA) is 165 Å². The molecule has 4 aromatic rings. The number of anilines is 4. The Labute approximate surface area is 363 Å². The number of piperidine rings is 3. The van der Waals surface area contributed by atoms with E-state index in [-0.39, 0.29) is 37.0 Å². The third kappa shape index (κ3) is 8.17. The number of fused-ring (bicyclic) bond motifs is 2. The number of amides is 5. The van der Waals surface area contributed by atoms with Crippen molar-refractivity contribution in [1.29, 1.82) is 0 Å². The number of rotatable bonds is 10. The van der Waals surface area contributed by atoms with Crippen LogP contribution < -0.4 is 26.2 Å². The summed E-state index contributed by atoms with van der Waals surface area (Å²) in [5.41, 5.74) is 11.0. The highest BCUT2D eigenvalue weighted by molar-refractivity contribution is 6.34. The van der Waals surface area contributed by atoms with Crippen molar-refractivity contribution < 1.29 is 28.0 Å². The molecule has 1 unspecified atom stereocenters. The molecule has 5 amide bonds. The number of urea groups is 1. The van der Waals surface area contributed by atoms with Gasteiger partial charge in [0.25, 0.3) is 17.7 Å². The largest absolute Gasteiger partial charge is 0.385 e. The zero-order chi connectivity index (χ0) is 43.3. The van der Waals surface area contributed by atoms with Gasteiger partial charge in [0.05, 0.1) is 35.2 Å². The molecular weight excluding hydrogens is 820 g/mol. The molecule has 328 valence electrons. The quantitative estimate of drug-likeness (QED) is 0.185. The summed E-state index contributed by atoms with van der Waals surface area (Å²) in [5.74, 6) is -2.35. The molecule has 7 heterocycles. The highest BCUT2D eigenvalue weighted by Crippen LogP contribution is 2.40. The lowest BCUT2D eigenvalue weighted by molar-refractivity contribution is -0.134. The maximum atomic E-state index is 16.1. The fraction of sp³-hybridized carbons (Fsp3) is 0.500. The summed E-state index contributed by atoms with van der Waals surface area (Å²) in [7, 11) is 1.78. The highest BCUT2D eigenvalue weighted by Gasteiger charge is 2.48. The molecule has 4 fully saturated rings. The van der Waals surface area contributed by atoms with Crippen LogP contribution in [0.4, 0.5) is 36.5 Å². The molecule has 15 nitrogen and oxygen atoms in total. The number of benzene rings is 2. The van der Waals surface area contributed by atoms with E-state index < -0.39 is 23.9 Å². The zero-order valence-electron chi connectivity index (χ0n) is 34.8. The lowest BCUT2D eigenvalue weighted by Gasteiger charge is -2.46. The van der Waals surface area contributed by atoms with Gasteiger partial charge in [0, 0.05) is 70.1 Å². The highest BCUT2D eigenvalue weighted by atomic mass is 35.5. The lowest BCUT2D eigenvalue weighted by atomic mass is 9.82. The van der Waals surface area contributed by atoms with Crippen LogP contribution in [0.15, 0.2) is 48.7 Å². The zero-order valence-corrected chi connectivity index (χ0v) is 35.5. The number of carbonyl (C=O) groups excluding carboxylic acids is 4. The number of hydrogen-bond acceptors (Lipinski definition) is 10. The van der Waals surface area contributed by atoms with Crippen molar-refractivity contribution in [2.75, 3.05) is 74.5 Å². The number of carbonyl (C=O) groups is 4. The van der Waals surface area contributed by atoms with Gasteiger partial charge in [-0.1, -0.05) is 23.7 Å². The Morgan fingerprint density at radius 2 is 1.66 bits per heavy atom. The second-order valence-corrected chi connectivity index (χ2v) is 17.8. The van der Waals surface area contributed by atoms with E-state index in [1.165, 1.54) is 15.6 Å². The van der Waals surface area contributed by atoms with E-state index in [4.69, 9.17) is 22.4 Å². The molecule has 0 spiro atoms. The third-order valence-electron chi connectivity index (χ3n) is 13.6. The monoisotopic (exact) mass is 871 g/mol. The summed E-state index contributed by atoms with van der Waals surface area (Å²) in [5, 5.41) is 10.5. The number of nitrogens with two attached hydrogens (primary N) is 1. The minimum Gasteiger partial charge on any atom is -0.385 e. The van der Waals surface area contributed by atoms with Crippen molar-refractivity contribution in [2.45, 2.75) is 69.9 Å². The Hall–Kier alpha value is -5.39. The number of alkyl halides is 2. The van der Waals surface area contributed by atoms with Crippen LogP contribution in [0.25, 0.3) is 5.65 Å². The van der Waals surface area contributed by atoms with Gasteiger partial charge < -0.3 is 20.9 Å². The van der Waals surface area contributed by atoms with Gasteiger partial charge in [0.15, 0.2) is 11.5 Å². The Bertz CT molecular complexity index is 2400. The number of likely N-dealkylation sites (tertiary alicyclic amines) is 3. The molecule has 62 heavy (non-hydrogen) atoms. The molecule has 0 bridgehead atoms. The van der Waals surface area contributed by atoms with Gasteiger partial charge >= 0.3 is 6.03 Å². The standard InChI is InChI=1S/C44H52ClF2N11O4/c1-49-33-23-38(52-58-36(40(48)60)24-50-41(33)58)56-19-11-31-30(3-2-4-34(31)56)25-53-14-12-37(44(46,47)26-53)54-15-7-27(8-16-54)21-28-9-17-55(18-10-28)42(61)29-5-6-32(45)35(22-29)57-20-13-39(59)51-43(57)62/h2-6,22-24,27-28,37,49H,7-21,25-26H2,1H3,(H2,48,60)(H,51,59,62). The van der Waals surface area contributed by atoms with Crippen molar-refractivity contribution in [3.63, 3.8) is 0 Å². The molecule has 0 aliphatic carbocycles. The lowest BCUT2D eigenvalue weighted by Crippen LogP contribution is -2.59. The van der Waals surface area contributed by atoms with Crippen LogP contribution in [0.2, 0.25) is 5.02 Å². The molecule has 4 saturated heterocycles. The summed E-state index contributed by atoms with van der Waals surface area (Å²) in [6.45, 7) is 4.19. The minimum absolute atomic E-state index is 0.113. The average Bonchev–Trinajstić information content (AvgIpc) is 3.90. The first-order valence-corrected chi connectivity index (χ1v) is 22.0. The molecule has 18 heteroatoms. The molecule has 0 saturated carbocycles. The molecular formula is C44H52ClF2N11O4. The Kier molecular flexibility index (Phi) is 11.5. The van der Waals surface area contributed by atoms with Crippen molar-refractivity contribution >= 4 is 63.9 Å². The van der Waals surface area contributed by atoms with Crippen molar-refractivity contribution in [3.05, 3.63) is 76.1 Å². The first-order valence-electron chi connectivity index (χ1n) is 21.7. The number of hydrogen-bond donors (Lipinski definition) is 3. The average molecular weight is 872 g/mol. The van der Waals surface area contributed by atoms with Crippen molar-refractivity contribution in [3.8, 4) is 0 Å². The third-order valence-corrected chi connectivity index (χ3v) is 13.9. The van der Waals surface area contributed by atoms with Crippen LogP contribution in [0.1, 0.15) is 76.9 Å². The van der Waals surface area contributed by atoms with Crippen LogP contribution in [0, 0.1) is 11.8 Å². The second kappa shape index (κ2) is 17.1. The number of aromatic nitrogens is 3. The maximum Gasteiger partial charge on any atom is 0.328 e. The Morgan fingerprint density at radius 1 is 0.919 bits per heavy atom. The molecule has 0 radical (unpaired) electrons. The summed E-state index contributed by atoms with van der Waals surface area (Å²) < 4.78 is 33.6. The maximum absolute atomic E-state index is 16.1. The van der Waals surface area contributed by atoms with Gasteiger partial charge in [-0.25, -0.2) is 23.1 Å². The van der Waals surface area contributed by atoms with Gasteiger partial charge in [-0.05, 0) is 105 Å². The Balaban J connectivity index is 0.757. The van der Waals surface area contributed by atoms with E-state index >= 15 is 8.78 Å². The summed E-state index contributed by atoms with van der Waals surface area (Å²) in [4.78, 5) is 63.3. The summed E-state index contributed by atoms with van der Waals surface area (Å²) in [6.07, 6.45) is 7.33. The van der Waals surface area contributed by atoms with E-state index in [1.54, 1.807) is 25.2 Å². The van der Waals surface area contributed by atoms with Gasteiger partial charge in [-0.3, -0.25) is 34.4 Å². The summed E-state index contributed by atoms with van der Waals surface area (Å²) in [6, 6.07) is 11.5.